The highest BCUT2D eigenvalue weighted by Gasteiger charge is 2.17. The summed E-state index contributed by atoms with van der Waals surface area (Å²) in [5, 5.41) is 6.66. The molecule has 2 heterocycles. The van der Waals surface area contributed by atoms with Gasteiger partial charge in [0.05, 0.1) is 12.6 Å². The van der Waals surface area contributed by atoms with Crippen LogP contribution in [0.3, 0.4) is 0 Å². The van der Waals surface area contributed by atoms with Crippen LogP contribution in [0.1, 0.15) is 37.6 Å². The first-order chi connectivity index (χ1) is 9.24. The molecule has 2 rings (SSSR count). The third-order valence-corrected chi connectivity index (χ3v) is 3.40. The fourth-order valence-electron chi connectivity index (χ4n) is 2.33. The van der Waals surface area contributed by atoms with Crippen molar-refractivity contribution in [2.45, 2.75) is 45.6 Å². The number of rotatable bonds is 5. The van der Waals surface area contributed by atoms with Crippen LogP contribution in [0, 0.1) is 6.92 Å². The van der Waals surface area contributed by atoms with E-state index in [-0.39, 0.29) is 0 Å². The van der Waals surface area contributed by atoms with Gasteiger partial charge in [0.1, 0.15) is 17.5 Å². The fraction of sp³-hybridized carbons (Fsp3) is 0.714. The molecule has 0 radical (unpaired) electrons. The number of ether oxygens (including phenoxy) is 1. The Balaban J connectivity index is 2.18. The maximum absolute atomic E-state index is 5.51. The lowest BCUT2D eigenvalue weighted by atomic mass is 10.1. The average molecular weight is 264 g/mol. The standard InChI is InChI=1S/C14H24N4O/c1-4-6-12-17-13(15-3)10(2)14(18-12)16-11-7-5-8-19-9-11/h11H,4-9H2,1-3H3,(H2,15,16,17,18). The zero-order chi connectivity index (χ0) is 13.7. The lowest BCUT2D eigenvalue weighted by Crippen LogP contribution is -2.31. The molecule has 1 aromatic rings. The van der Waals surface area contributed by atoms with Crippen LogP contribution in [0.25, 0.3) is 0 Å². The molecule has 0 amide bonds. The molecule has 0 spiro atoms. The number of aryl methyl sites for hydroxylation is 1. The van der Waals surface area contributed by atoms with Crippen molar-refractivity contribution in [2.24, 2.45) is 0 Å². The second kappa shape index (κ2) is 6.70. The van der Waals surface area contributed by atoms with Crippen LogP contribution in [-0.2, 0) is 11.2 Å². The molecular weight excluding hydrogens is 240 g/mol. The second-order valence-electron chi connectivity index (χ2n) is 5.02. The zero-order valence-electron chi connectivity index (χ0n) is 12.1. The van der Waals surface area contributed by atoms with Gasteiger partial charge in [0.15, 0.2) is 0 Å². The first kappa shape index (κ1) is 14.1. The van der Waals surface area contributed by atoms with E-state index >= 15 is 0 Å². The van der Waals surface area contributed by atoms with E-state index in [0.717, 1.165) is 61.9 Å². The number of hydrogen-bond acceptors (Lipinski definition) is 5. The smallest absolute Gasteiger partial charge is 0.135 e. The van der Waals surface area contributed by atoms with Crippen molar-refractivity contribution in [1.29, 1.82) is 0 Å². The van der Waals surface area contributed by atoms with Gasteiger partial charge in [-0.1, -0.05) is 6.92 Å². The zero-order valence-corrected chi connectivity index (χ0v) is 12.1. The molecule has 106 valence electrons. The SMILES string of the molecule is CCCc1nc(NC)c(C)c(NC2CCCOC2)n1. The molecule has 1 unspecified atom stereocenters. The first-order valence-electron chi connectivity index (χ1n) is 7.14. The second-order valence-corrected chi connectivity index (χ2v) is 5.02. The summed E-state index contributed by atoms with van der Waals surface area (Å²) < 4.78 is 5.51. The average Bonchev–Trinajstić information content (AvgIpc) is 2.43. The van der Waals surface area contributed by atoms with Crippen molar-refractivity contribution in [2.75, 3.05) is 30.9 Å². The van der Waals surface area contributed by atoms with Crippen molar-refractivity contribution >= 4 is 11.6 Å². The van der Waals surface area contributed by atoms with Crippen LogP contribution in [-0.4, -0.2) is 36.3 Å². The van der Waals surface area contributed by atoms with Gasteiger partial charge in [0, 0.05) is 25.6 Å². The Morgan fingerprint density at radius 2 is 2.11 bits per heavy atom. The largest absolute Gasteiger partial charge is 0.379 e. The van der Waals surface area contributed by atoms with Crippen LogP contribution in [0.5, 0.6) is 0 Å². The monoisotopic (exact) mass is 264 g/mol. The van der Waals surface area contributed by atoms with Crippen molar-refractivity contribution in [3.05, 3.63) is 11.4 Å². The third kappa shape index (κ3) is 3.56. The van der Waals surface area contributed by atoms with Crippen molar-refractivity contribution < 1.29 is 4.74 Å². The van der Waals surface area contributed by atoms with Crippen molar-refractivity contribution in [3.8, 4) is 0 Å². The molecule has 0 aliphatic carbocycles. The molecule has 1 aromatic heterocycles. The summed E-state index contributed by atoms with van der Waals surface area (Å²) in [4.78, 5) is 9.19. The Morgan fingerprint density at radius 3 is 2.74 bits per heavy atom. The number of aromatic nitrogens is 2. The highest BCUT2D eigenvalue weighted by Crippen LogP contribution is 2.22. The number of nitrogens with zero attached hydrogens (tertiary/aromatic N) is 2. The van der Waals surface area contributed by atoms with E-state index in [1.807, 2.05) is 14.0 Å². The van der Waals surface area contributed by atoms with Gasteiger partial charge in [-0.3, -0.25) is 0 Å². The summed E-state index contributed by atoms with van der Waals surface area (Å²) in [6.07, 6.45) is 4.22. The summed E-state index contributed by atoms with van der Waals surface area (Å²) in [5.41, 5.74) is 1.08. The van der Waals surface area contributed by atoms with E-state index in [9.17, 15) is 0 Å². The normalized spacial score (nSPS) is 19.2. The molecule has 5 heteroatoms. The summed E-state index contributed by atoms with van der Waals surface area (Å²) in [6.45, 7) is 5.84. The van der Waals surface area contributed by atoms with E-state index in [0.29, 0.717) is 6.04 Å². The van der Waals surface area contributed by atoms with Crippen molar-refractivity contribution in [3.63, 3.8) is 0 Å². The molecule has 5 nitrogen and oxygen atoms in total. The minimum atomic E-state index is 0.363. The molecule has 1 saturated heterocycles. The minimum Gasteiger partial charge on any atom is -0.379 e. The molecule has 0 bridgehead atoms. The van der Waals surface area contributed by atoms with Crippen LogP contribution in [0.15, 0.2) is 0 Å². The maximum atomic E-state index is 5.51. The summed E-state index contributed by atoms with van der Waals surface area (Å²) in [7, 11) is 1.90. The summed E-state index contributed by atoms with van der Waals surface area (Å²) in [5.74, 6) is 2.76. The first-order valence-corrected chi connectivity index (χ1v) is 7.14. The van der Waals surface area contributed by atoms with Crippen LogP contribution >= 0.6 is 0 Å². The predicted molar refractivity (Wildman–Crippen MR) is 77.8 cm³/mol. The lowest BCUT2D eigenvalue weighted by molar-refractivity contribution is 0.0875. The van der Waals surface area contributed by atoms with Crippen LogP contribution in [0.2, 0.25) is 0 Å². The molecule has 0 saturated carbocycles. The number of anilines is 2. The Morgan fingerprint density at radius 1 is 1.32 bits per heavy atom. The van der Waals surface area contributed by atoms with Crippen molar-refractivity contribution in [1.82, 2.24) is 9.97 Å². The maximum Gasteiger partial charge on any atom is 0.135 e. The van der Waals surface area contributed by atoms with E-state index < -0.39 is 0 Å². The molecule has 2 N–H and O–H groups in total. The lowest BCUT2D eigenvalue weighted by Gasteiger charge is -2.25. The van der Waals surface area contributed by atoms with E-state index in [2.05, 4.69) is 27.5 Å². The Labute approximate surface area is 115 Å². The van der Waals surface area contributed by atoms with Gasteiger partial charge in [0.25, 0.3) is 0 Å². The van der Waals surface area contributed by atoms with Gasteiger partial charge >= 0.3 is 0 Å². The Kier molecular flexibility index (Phi) is 4.96. The summed E-state index contributed by atoms with van der Waals surface area (Å²) in [6, 6.07) is 0.363. The van der Waals surface area contributed by atoms with Gasteiger partial charge in [-0.2, -0.15) is 0 Å². The van der Waals surface area contributed by atoms with E-state index in [1.165, 1.54) is 0 Å². The minimum absolute atomic E-state index is 0.363. The highest BCUT2D eigenvalue weighted by atomic mass is 16.5. The Bertz CT molecular complexity index is 416. The van der Waals surface area contributed by atoms with Gasteiger partial charge in [0.2, 0.25) is 0 Å². The summed E-state index contributed by atoms with van der Waals surface area (Å²) >= 11 is 0. The van der Waals surface area contributed by atoms with Gasteiger partial charge < -0.3 is 15.4 Å². The Hall–Kier alpha value is -1.36. The highest BCUT2D eigenvalue weighted by molar-refractivity contribution is 5.57. The molecular formula is C14H24N4O. The van der Waals surface area contributed by atoms with Gasteiger partial charge in [-0.25, -0.2) is 9.97 Å². The quantitative estimate of drug-likeness (QED) is 0.855. The number of hydrogen-bond donors (Lipinski definition) is 2. The van der Waals surface area contributed by atoms with Gasteiger partial charge in [-0.15, -0.1) is 0 Å². The molecule has 0 aromatic carbocycles. The molecule has 1 fully saturated rings. The molecule has 19 heavy (non-hydrogen) atoms. The van der Waals surface area contributed by atoms with E-state index in [1.54, 1.807) is 0 Å². The van der Waals surface area contributed by atoms with E-state index in [4.69, 9.17) is 4.74 Å². The molecule has 1 aliphatic rings. The topological polar surface area (TPSA) is 59.1 Å². The van der Waals surface area contributed by atoms with Gasteiger partial charge in [-0.05, 0) is 26.2 Å². The molecule has 1 aliphatic heterocycles. The predicted octanol–water partition coefficient (Wildman–Crippen LogP) is 2.37. The van der Waals surface area contributed by atoms with Crippen LogP contribution < -0.4 is 10.6 Å². The van der Waals surface area contributed by atoms with Crippen LogP contribution in [0.4, 0.5) is 11.6 Å². The molecule has 1 atom stereocenters. The fourth-order valence-corrected chi connectivity index (χ4v) is 2.33. The third-order valence-electron chi connectivity index (χ3n) is 3.40. The number of nitrogens with one attached hydrogen (secondary N) is 2.